The van der Waals surface area contributed by atoms with Gasteiger partial charge in [0, 0.05) is 38.8 Å². The van der Waals surface area contributed by atoms with Gasteiger partial charge in [0.25, 0.3) is 0 Å². The lowest BCUT2D eigenvalue weighted by Crippen LogP contribution is -2.47. The van der Waals surface area contributed by atoms with Gasteiger partial charge in [-0.2, -0.15) is 5.26 Å². The highest BCUT2D eigenvalue weighted by atomic mass is 16.5. The molecule has 0 bridgehead atoms. The number of rotatable bonds is 6. The third kappa shape index (κ3) is 4.20. The lowest BCUT2D eigenvalue weighted by molar-refractivity contribution is 0.121. The van der Waals surface area contributed by atoms with Gasteiger partial charge >= 0.3 is 0 Å². The van der Waals surface area contributed by atoms with Gasteiger partial charge in [0.15, 0.2) is 0 Å². The molecule has 0 unspecified atom stereocenters. The largest absolute Gasteiger partial charge is 0.494 e. The molecule has 4 heteroatoms. The second-order valence-electron chi connectivity index (χ2n) is 5.95. The third-order valence-electron chi connectivity index (χ3n) is 4.32. The molecule has 0 spiro atoms. The van der Waals surface area contributed by atoms with Gasteiger partial charge in [-0.15, -0.1) is 0 Å². The molecule has 0 N–H and O–H groups in total. The van der Waals surface area contributed by atoms with E-state index in [1.807, 2.05) is 12.1 Å². The van der Waals surface area contributed by atoms with Crippen LogP contribution in [0.15, 0.2) is 24.3 Å². The van der Waals surface area contributed by atoms with Crippen molar-refractivity contribution in [1.29, 1.82) is 5.26 Å². The van der Waals surface area contributed by atoms with E-state index in [1.54, 1.807) is 12.1 Å². The molecule has 112 valence electrons. The maximum atomic E-state index is 8.85. The summed E-state index contributed by atoms with van der Waals surface area (Å²) in [6.45, 7) is 6.68. The molecule has 1 saturated carbocycles. The molecule has 1 aliphatic carbocycles. The average Bonchev–Trinajstić information content (AvgIpc) is 3.37. The van der Waals surface area contributed by atoms with E-state index in [2.05, 4.69) is 15.9 Å². The lowest BCUT2D eigenvalue weighted by Gasteiger charge is -2.34. The minimum absolute atomic E-state index is 0.656. The Morgan fingerprint density at radius 3 is 2.71 bits per heavy atom. The first-order chi connectivity index (χ1) is 10.3. The summed E-state index contributed by atoms with van der Waals surface area (Å²) in [5.74, 6) is 0.799. The number of piperazine rings is 1. The van der Waals surface area contributed by atoms with Gasteiger partial charge in [0.1, 0.15) is 5.75 Å². The molecular weight excluding hydrogens is 262 g/mol. The summed E-state index contributed by atoms with van der Waals surface area (Å²) in [6.07, 6.45) is 3.87. The van der Waals surface area contributed by atoms with E-state index in [9.17, 15) is 0 Å². The number of hydrogen-bond donors (Lipinski definition) is 0. The monoisotopic (exact) mass is 285 g/mol. The molecule has 0 radical (unpaired) electrons. The van der Waals surface area contributed by atoms with E-state index in [0.29, 0.717) is 5.56 Å². The van der Waals surface area contributed by atoms with Crippen molar-refractivity contribution in [2.45, 2.75) is 25.3 Å². The number of ether oxygens (including phenoxy) is 1. The van der Waals surface area contributed by atoms with Crippen molar-refractivity contribution >= 4 is 0 Å². The molecule has 1 aromatic rings. The van der Waals surface area contributed by atoms with Crippen LogP contribution in [0.25, 0.3) is 0 Å². The van der Waals surface area contributed by atoms with Crippen LogP contribution < -0.4 is 4.74 Å². The number of nitrogens with zero attached hydrogens (tertiary/aromatic N) is 3. The quantitative estimate of drug-likeness (QED) is 0.751. The maximum Gasteiger partial charge on any atom is 0.120 e. The van der Waals surface area contributed by atoms with Crippen LogP contribution >= 0.6 is 0 Å². The van der Waals surface area contributed by atoms with E-state index in [-0.39, 0.29) is 0 Å². The van der Waals surface area contributed by atoms with Crippen LogP contribution in [-0.4, -0.2) is 55.2 Å². The normalized spacial score (nSPS) is 20.1. The standard InChI is InChI=1S/C17H23N3O/c18-14-15-3-1-4-17(13-15)21-12-2-7-19-8-10-20(11-9-19)16-5-6-16/h1,3-4,13,16H,2,5-12H2. The van der Waals surface area contributed by atoms with Crippen molar-refractivity contribution in [2.24, 2.45) is 0 Å². The lowest BCUT2D eigenvalue weighted by atomic mass is 10.2. The Balaban J connectivity index is 1.32. The van der Waals surface area contributed by atoms with Gasteiger partial charge in [-0.3, -0.25) is 4.90 Å². The Labute approximate surface area is 126 Å². The molecule has 1 saturated heterocycles. The number of benzene rings is 1. The van der Waals surface area contributed by atoms with Crippen LogP contribution in [0, 0.1) is 11.3 Å². The summed E-state index contributed by atoms with van der Waals surface area (Å²) >= 11 is 0. The first-order valence-corrected chi connectivity index (χ1v) is 7.94. The summed E-state index contributed by atoms with van der Waals surface area (Å²) < 4.78 is 5.72. The fourth-order valence-corrected chi connectivity index (χ4v) is 2.93. The maximum absolute atomic E-state index is 8.85. The third-order valence-corrected chi connectivity index (χ3v) is 4.32. The summed E-state index contributed by atoms with van der Waals surface area (Å²) in [5, 5.41) is 8.85. The van der Waals surface area contributed by atoms with E-state index in [1.165, 1.54) is 39.0 Å². The highest BCUT2D eigenvalue weighted by Crippen LogP contribution is 2.27. The van der Waals surface area contributed by atoms with Gasteiger partial charge in [-0.05, 0) is 37.5 Å². The minimum Gasteiger partial charge on any atom is -0.494 e. The van der Waals surface area contributed by atoms with Crippen molar-refractivity contribution in [1.82, 2.24) is 9.80 Å². The first kappa shape index (κ1) is 14.4. The second-order valence-corrected chi connectivity index (χ2v) is 5.95. The number of nitriles is 1. The molecule has 4 nitrogen and oxygen atoms in total. The molecule has 1 aliphatic heterocycles. The fraction of sp³-hybridized carbons (Fsp3) is 0.588. The van der Waals surface area contributed by atoms with Crippen molar-refractivity contribution in [3.63, 3.8) is 0 Å². The fourth-order valence-electron chi connectivity index (χ4n) is 2.93. The minimum atomic E-state index is 0.656. The molecule has 1 heterocycles. The predicted molar refractivity (Wildman–Crippen MR) is 82.3 cm³/mol. The molecule has 2 aliphatic rings. The zero-order chi connectivity index (χ0) is 14.5. The highest BCUT2D eigenvalue weighted by Gasteiger charge is 2.30. The van der Waals surface area contributed by atoms with Crippen LogP contribution in [0.5, 0.6) is 5.75 Å². The molecule has 3 rings (SSSR count). The topological polar surface area (TPSA) is 39.5 Å². The van der Waals surface area contributed by atoms with Crippen molar-refractivity contribution in [3.05, 3.63) is 29.8 Å². The van der Waals surface area contributed by atoms with E-state index in [0.717, 1.165) is 31.4 Å². The van der Waals surface area contributed by atoms with Gasteiger partial charge < -0.3 is 9.64 Å². The molecule has 0 atom stereocenters. The van der Waals surface area contributed by atoms with E-state index >= 15 is 0 Å². The Hall–Kier alpha value is -1.57. The van der Waals surface area contributed by atoms with Gasteiger partial charge in [-0.1, -0.05) is 6.07 Å². The van der Waals surface area contributed by atoms with Crippen LogP contribution in [0.3, 0.4) is 0 Å². The SMILES string of the molecule is N#Cc1cccc(OCCCN2CCN(C3CC3)CC2)c1. The van der Waals surface area contributed by atoms with Crippen molar-refractivity contribution in [2.75, 3.05) is 39.3 Å². The van der Waals surface area contributed by atoms with Crippen LogP contribution in [0.1, 0.15) is 24.8 Å². The molecular formula is C17H23N3O. The number of hydrogen-bond acceptors (Lipinski definition) is 4. The van der Waals surface area contributed by atoms with Crippen LogP contribution in [0.4, 0.5) is 0 Å². The Kier molecular flexibility index (Phi) is 4.74. The highest BCUT2D eigenvalue weighted by molar-refractivity contribution is 5.36. The predicted octanol–water partition coefficient (Wildman–Crippen LogP) is 2.11. The molecule has 2 fully saturated rings. The van der Waals surface area contributed by atoms with Gasteiger partial charge in [0.2, 0.25) is 0 Å². The van der Waals surface area contributed by atoms with E-state index < -0.39 is 0 Å². The summed E-state index contributed by atoms with van der Waals surface area (Å²) in [4.78, 5) is 5.17. The average molecular weight is 285 g/mol. The Bertz CT molecular complexity index is 499. The molecule has 21 heavy (non-hydrogen) atoms. The molecule has 0 aromatic heterocycles. The summed E-state index contributed by atoms with van der Waals surface area (Å²) in [6, 6.07) is 10.4. The first-order valence-electron chi connectivity index (χ1n) is 7.94. The van der Waals surface area contributed by atoms with Crippen LogP contribution in [-0.2, 0) is 0 Å². The van der Waals surface area contributed by atoms with Gasteiger partial charge in [-0.25, -0.2) is 0 Å². The van der Waals surface area contributed by atoms with E-state index in [4.69, 9.17) is 10.00 Å². The Morgan fingerprint density at radius 2 is 2.00 bits per heavy atom. The zero-order valence-electron chi connectivity index (χ0n) is 12.5. The second kappa shape index (κ2) is 6.93. The zero-order valence-corrected chi connectivity index (χ0v) is 12.5. The summed E-state index contributed by atoms with van der Waals surface area (Å²) in [5.41, 5.74) is 0.656. The van der Waals surface area contributed by atoms with Gasteiger partial charge in [0.05, 0.1) is 18.2 Å². The molecule has 0 amide bonds. The smallest absolute Gasteiger partial charge is 0.120 e. The van der Waals surface area contributed by atoms with Crippen molar-refractivity contribution in [3.8, 4) is 11.8 Å². The van der Waals surface area contributed by atoms with Crippen molar-refractivity contribution < 1.29 is 4.74 Å². The molecule has 1 aromatic carbocycles. The van der Waals surface area contributed by atoms with Crippen LogP contribution in [0.2, 0.25) is 0 Å². The Morgan fingerprint density at radius 1 is 1.19 bits per heavy atom. The summed E-state index contributed by atoms with van der Waals surface area (Å²) in [7, 11) is 0.